The molecule has 1 saturated carbocycles. The van der Waals surface area contributed by atoms with Crippen molar-refractivity contribution < 1.29 is 9.53 Å². The number of nitrogens with zero attached hydrogens (tertiary/aromatic N) is 1. The SMILES string of the molecule is Cc1ccc(C(=O)C2=C(N)CC3CC3(Nc3ccc(N4CCOCC4)cc3)S2)c(C)c1. The number of carbonyl (C=O) groups excluding carboxylic acids is 1. The summed E-state index contributed by atoms with van der Waals surface area (Å²) in [7, 11) is 0. The largest absolute Gasteiger partial charge is 0.401 e. The van der Waals surface area contributed by atoms with Crippen LogP contribution in [0.15, 0.2) is 53.1 Å². The van der Waals surface area contributed by atoms with E-state index in [9.17, 15) is 4.79 Å². The minimum atomic E-state index is -0.132. The van der Waals surface area contributed by atoms with Gasteiger partial charge in [0.1, 0.15) is 0 Å². The van der Waals surface area contributed by atoms with Crippen molar-refractivity contribution in [2.45, 2.75) is 31.6 Å². The molecule has 0 radical (unpaired) electrons. The molecule has 0 bridgehead atoms. The van der Waals surface area contributed by atoms with Gasteiger partial charge in [0.05, 0.1) is 23.0 Å². The molecular formula is C25H29N3O2S. The van der Waals surface area contributed by atoms with E-state index >= 15 is 0 Å². The van der Waals surface area contributed by atoms with Crippen LogP contribution < -0.4 is 16.0 Å². The molecule has 2 heterocycles. The van der Waals surface area contributed by atoms with Gasteiger partial charge in [0.25, 0.3) is 0 Å². The van der Waals surface area contributed by atoms with Gasteiger partial charge >= 0.3 is 0 Å². The number of hydrogen-bond donors (Lipinski definition) is 2. The number of ether oxygens (including phenoxy) is 1. The molecule has 5 nitrogen and oxygen atoms in total. The fraction of sp³-hybridized carbons (Fsp3) is 0.400. The van der Waals surface area contributed by atoms with Gasteiger partial charge in [0.15, 0.2) is 0 Å². The summed E-state index contributed by atoms with van der Waals surface area (Å²) in [5, 5.41) is 3.72. The van der Waals surface area contributed by atoms with E-state index < -0.39 is 0 Å². The number of carbonyl (C=O) groups is 1. The first-order valence-corrected chi connectivity index (χ1v) is 11.8. The maximum atomic E-state index is 13.3. The second-order valence-electron chi connectivity index (χ2n) is 8.87. The van der Waals surface area contributed by atoms with Gasteiger partial charge in [0.2, 0.25) is 5.78 Å². The maximum Gasteiger partial charge on any atom is 0.201 e. The van der Waals surface area contributed by atoms with E-state index in [0.717, 1.165) is 67.2 Å². The second kappa shape index (κ2) is 7.92. The zero-order valence-electron chi connectivity index (χ0n) is 18.1. The van der Waals surface area contributed by atoms with Crippen molar-refractivity contribution in [1.29, 1.82) is 0 Å². The van der Waals surface area contributed by atoms with Gasteiger partial charge in [-0.25, -0.2) is 0 Å². The van der Waals surface area contributed by atoms with Crippen LogP contribution in [-0.2, 0) is 4.74 Å². The van der Waals surface area contributed by atoms with Crippen molar-refractivity contribution in [1.82, 2.24) is 0 Å². The molecule has 1 saturated heterocycles. The Kier molecular flexibility index (Phi) is 5.22. The van der Waals surface area contributed by atoms with E-state index in [1.54, 1.807) is 11.8 Å². The number of rotatable bonds is 5. The lowest BCUT2D eigenvalue weighted by Gasteiger charge is -2.29. The lowest BCUT2D eigenvalue weighted by molar-refractivity contribution is 0.104. The highest BCUT2D eigenvalue weighted by Crippen LogP contribution is 2.62. The second-order valence-corrected chi connectivity index (χ2v) is 10.2. The highest BCUT2D eigenvalue weighted by atomic mass is 32.2. The summed E-state index contributed by atoms with van der Waals surface area (Å²) in [5.74, 6) is 0.515. The molecule has 162 valence electrons. The molecule has 5 rings (SSSR count). The number of nitrogens with one attached hydrogen (secondary N) is 1. The third-order valence-corrected chi connectivity index (χ3v) is 8.14. The molecule has 0 spiro atoms. The molecule has 1 aliphatic carbocycles. The number of morpholine rings is 1. The van der Waals surface area contributed by atoms with E-state index in [0.29, 0.717) is 10.8 Å². The first-order valence-electron chi connectivity index (χ1n) is 11.0. The number of ketones is 1. The number of anilines is 2. The van der Waals surface area contributed by atoms with Gasteiger partial charge in [-0.15, -0.1) is 0 Å². The van der Waals surface area contributed by atoms with Crippen LogP contribution in [0.25, 0.3) is 0 Å². The highest BCUT2D eigenvalue weighted by Gasteiger charge is 2.58. The van der Waals surface area contributed by atoms with Crippen molar-refractivity contribution >= 4 is 28.9 Å². The smallest absolute Gasteiger partial charge is 0.201 e. The van der Waals surface area contributed by atoms with Gasteiger partial charge in [-0.2, -0.15) is 0 Å². The van der Waals surface area contributed by atoms with Gasteiger partial charge < -0.3 is 20.7 Å². The number of Topliss-reactive ketones (excluding diaryl/α,β-unsaturated/α-hetero) is 1. The number of allylic oxidation sites excluding steroid dienone is 2. The van der Waals surface area contributed by atoms with Crippen LogP contribution in [0.5, 0.6) is 0 Å². The van der Waals surface area contributed by atoms with Crippen molar-refractivity contribution in [3.63, 3.8) is 0 Å². The molecule has 6 heteroatoms. The Balaban J connectivity index is 1.32. The Labute approximate surface area is 188 Å². The van der Waals surface area contributed by atoms with Crippen LogP contribution in [0.3, 0.4) is 0 Å². The van der Waals surface area contributed by atoms with E-state index in [2.05, 4.69) is 40.5 Å². The molecule has 2 aromatic carbocycles. The molecule has 2 aromatic rings. The van der Waals surface area contributed by atoms with E-state index in [1.165, 1.54) is 5.69 Å². The highest BCUT2D eigenvalue weighted by molar-refractivity contribution is 8.05. The van der Waals surface area contributed by atoms with Crippen molar-refractivity contribution in [2.24, 2.45) is 11.7 Å². The summed E-state index contributed by atoms with van der Waals surface area (Å²) >= 11 is 1.63. The quantitative estimate of drug-likeness (QED) is 0.676. The third kappa shape index (κ3) is 3.94. The average molecular weight is 436 g/mol. The summed E-state index contributed by atoms with van der Waals surface area (Å²) in [6.45, 7) is 7.47. The van der Waals surface area contributed by atoms with Crippen LogP contribution in [0.1, 0.15) is 34.3 Å². The van der Waals surface area contributed by atoms with Crippen LogP contribution in [0.2, 0.25) is 0 Å². The zero-order chi connectivity index (χ0) is 21.6. The van der Waals surface area contributed by atoms with Gasteiger partial charge in [-0.3, -0.25) is 4.79 Å². The van der Waals surface area contributed by atoms with Crippen LogP contribution in [0, 0.1) is 19.8 Å². The molecule has 2 aliphatic heterocycles. The monoisotopic (exact) mass is 435 g/mol. The number of aryl methyl sites for hydroxylation is 2. The van der Waals surface area contributed by atoms with Crippen LogP contribution >= 0.6 is 11.8 Å². The minimum Gasteiger partial charge on any atom is -0.401 e. The Hall–Kier alpha value is -2.44. The predicted octanol–water partition coefficient (Wildman–Crippen LogP) is 4.46. The maximum absolute atomic E-state index is 13.3. The third-order valence-electron chi connectivity index (χ3n) is 6.52. The molecular weight excluding hydrogens is 406 g/mol. The number of hydrogen-bond acceptors (Lipinski definition) is 6. The van der Waals surface area contributed by atoms with Crippen LogP contribution in [-0.4, -0.2) is 37.0 Å². The van der Waals surface area contributed by atoms with E-state index in [-0.39, 0.29) is 10.7 Å². The summed E-state index contributed by atoms with van der Waals surface area (Å²) in [6, 6.07) is 14.6. The molecule has 2 atom stereocenters. The Morgan fingerprint density at radius 3 is 2.61 bits per heavy atom. The lowest BCUT2D eigenvalue weighted by atomic mass is 10.0. The molecule has 0 amide bonds. The number of nitrogens with two attached hydrogens (primary N) is 1. The first-order chi connectivity index (χ1) is 14.9. The normalized spacial score (nSPS) is 25.2. The van der Waals surface area contributed by atoms with Gasteiger partial charge in [-0.05, 0) is 56.5 Å². The standard InChI is InChI=1S/C25H29N3O2S/c1-16-3-8-21(17(2)13-16)23(29)24-22(26)14-18-15-25(18,31-24)27-19-4-6-20(7-5-19)28-9-11-30-12-10-28/h3-8,13,18,27H,9-12,14-15,26H2,1-2H3. The minimum absolute atomic E-state index is 0.0502. The molecule has 31 heavy (non-hydrogen) atoms. The van der Waals surface area contributed by atoms with Gasteiger partial charge in [-0.1, -0.05) is 35.5 Å². The molecule has 0 aromatic heterocycles. The summed E-state index contributed by atoms with van der Waals surface area (Å²) in [5.41, 5.74) is 12.3. The summed E-state index contributed by atoms with van der Waals surface area (Å²) < 4.78 is 5.45. The molecule has 3 N–H and O–H groups in total. The molecule has 3 aliphatic rings. The number of fused-ring (bicyclic) bond motifs is 1. The topological polar surface area (TPSA) is 67.6 Å². The van der Waals surface area contributed by atoms with Crippen molar-refractivity contribution in [3.8, 4) is 0 Å². The fourth-order valence-corrected chi connectivity index (χ4v) is 6.14. The zero-order valence-corrected chi connectivity index (χ0v) is 18.9. The number of thioether (sulfide) groups is 1. The lowest BCUT2D eigenvalue weighted by Crippen LogP contribution is -2.36. The van der Waals surface area contributed by atoms with Crippen LogP contribution in [0.4, 0.5) is 11.4 Å². The summed E-state index contributed by atoms with van der Waals surface area (Å²) in [4.78, 5) is 16.2. The average Bonchev–Trinajstić information content (AvgIpc) is 3.46. The predicted molar refractivity (Wildman–Crippen MR) is 128 cm³/mol. The van der Waals surface area contributed by atoms with Crippen molar-refractivity contribution in [2.75, 3.05) is 36.5 Å². The van der Waals surface area contributed by atoms with E-state index in [1.807, 2.05) is 26.0 Å². The Morgan fingerprint density at radius 2 is 1.90 bits per heavy atom. The van der Waals surface area contributed by atoms with Crippen molar-refractivity contribution in [3.05, 3.63) is 69.8 Å². The summed E-state index contributed by atoms with van der Waals surface area (Å²) in [6.07, 6.45) is 1.80. The molecule has 2 unspecified atom stereocenters. The fourth-order valence-electron chi connectivity index (χ4n) is 4.66. The first kappa shape index (κ1) is 20.5. The van der Waals surface area contributed by atoms with E-state index in [4.69, 9.17) is 10.5 Å². The Bertz CT molecular complexity index is 1040. The van der Waals surface area contributed by atoms with Gasteiger partial charge in [0, 0.05) is 41.6 Å². The number of benzene rings is 2. The Morgan fingerprint density at radius 1 is 1.16 bits per heavy atom. The molecule has 2 fully saturated rings.